The molecule has 0 unspecified atom stereocenters. The van der Waals surface area contributed by atoms with Crippen LogP contribution in [0.25, 0.3) is 0 Å². The first kappa shape index (κ1) is 20.7. The van der Waals surface area contributed by atoms with Gasteiger partial charge in [0.2, 0.25) is 17.8 Å². The van der Waals surface area contributed by atoms with E-state index in [4.69, 9.17) is 4.74 Å². The zero-order valence-electron chi connectivity index (χ0n) is 17.3. The number of hydrogen-bond acceptors (Lipinski definition) is 6. The van der Waals surface area contributed by atoms with E-state index >= 15 is 0 Å². The Morgan fingerprint density at radius 3 is 2.93 bits per heavy atom. The fourth-order valence-electron chi connectivity index (χ4n) is 4.44. The molecule has 0 aromatic heterocycles. The number of carbonyl (C=O) groups excluding carboxylic acids is 2. The molecule has 3 aliphatic rings. The van der Waals surface area contributed by atoms with Crippen molar-refractivity contribution < 1.29 is 19.4 Å². The first-order valence-corrected chi connectivity index (χ1v) is 10.9. The van der Waals surface area contributed by atoms with Gasteiger partial charge in [-0.2, -0.15) is 0 Å². The third-order valence-electron chi connectivity index (χ3n) is 6.00. The highest BCUT2D eigenvalue weighted by Crippen LogP contribution is 2.30. The van der Waals surface area contributed by atoms with Crippen LogP contribution in [0.15, 0.2) is 23.2 Å². The Bertz CT molecular complexity index is 819. The number of hydrogen-bond donors (Lipinski definition) is 2. The lowest BCUT2D eigenvalue weighted by Gasteiger charge is -2.25. The van der Waals surface area contributed by atoms with Crippen LogP contribution >= 0.6 is 0 Å². The number of benzene rings is 1. The van der Waals surface area contributed by atoms with E-state index in [0.717, 1.165) is 23.5 Å². The molecule has 0 atom stereocenters. The van der Waals surface area contributed by atoms with Crippen LogP contribution in [0.2, 0.25) is 0 Å². The lowest BCUT2D eigenvalue weighted by molar-refractivity contribution is -0.132. The molecule has 0 bridgehead atoms. The van der Waals surface area contributed by atoms with Crippen LogP contribution < -0.4 is 10.1 Å². The molecule has 1 aliphatic carbocycles. The number of fused-ring (bicyclic) bond motifs is 2. The van der Waals surface area contributed by atoms with E-state index in [1.165, 1.54) is 25.7 Å². The molecule has 4 rings (SSSR count). The normalized spacial score (nSPS) is 18.0. The number of carbonyl (C=O) groups is 2. The zero-order valence-corrected chi connectivity index (χ0v) is 17.3. The van der Waals surface area contributed by atoms with Crippen LogP contribution in [0.3, 0.4) is 0 Å². The van der Waals surface area contributed by atoms with Crippen LogP contribution in [-0.2, 0) is 16.1 Å². The second-order valence-corrected chi connectivity index (χ2v) is 8.30. The molecule has 2 amide bonds. The summed E-state index contributed by atoms with van der Waals surface area (Å²) in [7, 11) is 0. The average molecular weight is 415 g/mol. The largest absolute Gasteiger partial charge is 0.494 e. The molecule has 1 saturated heterocycles. The molecule has 1 aromatic carbocycles. The lowest BCUT2D eigenvalue weighted by Crippen LogP contribution is -2.37. The van der Waals surface area contributed by atoms with Gasteiger partial charge in [-0.3, -0.25) is 14.9 Å². The molecule has 8 heteroatoms. The summed E-state index contributed by atoms with van der Waals surface area (Å²) in [6.45, 7) is 2.60. The second kappa shape index (κ2) is 9.47. The fraction of sp³-hybridized carbons (Fsp3) is 0.591. The minimum Gasteiger partial charge on any atom is -0.494 e. The predicted molar refractivity (Wildman–Crippen MR) is 112 cm³/mol. The fourth-order valence-corrected chi connectivity index (χ4v) is 4.44. The molecule has 8 nitrogen and oxygen atoms in total. The van der Waals surface area contributed by atoms with Crippen molar-refractivity contribution >= 4 is 23.5 Å². The highest BCUT2D eigenvalue weighted by molar-refractivity contribution is 6.05. The Morgan fingerprint density at radius 2 is 2.13 bits per heavy atom. The molecule has 2 aliphatic heterocycles. The van der Waals surface area contributed by atoms with Crippen LogP contribution in [0.1, 0.15) is 44.1 Å². The third kappa shape index (κ3) is 4.92. The van der Waals surface area contributed by atoms with E-state index in [2.05, 4.69) is 10.3 Å². The van der Waals surface area contributed by atoms with Crippen molar-refractivity contribution in [1.82, 2.24) is 15.1 Å². The van der Waals surface area contributed by atoms with Gasteiger partial charge in [-0.1, -0.05) is 12.8 Å². The van der Waals surface area contributed by atoms with Crippen molar-refractivity contribution in [2.45, 2.75) is 45.1 Å². The summed E-state index contributed by atoms with van der Waals surface area (Å²) in [5, 5.41) is 12.1. The Hall–Kier alpha value is -2.61. The quantitative estimate of drug-likeness (QED) is 0.601. The van der Waals surface area contributed by atoms with Crippen molar-refractivity contribution in [1.29, 1.82) is 0 Å². The molecule has 1 aromatic rings. The van der Waals surface area contributed by atoms with E-state index in [0.29, 0.717) is 51.0 Å². The van der Waals surface area contributed by atoms with Crippen LogP contribution in [0, 0.1) is 5.92 Å². The Kier molecular flexibility index (Phi) is 6.52. The van der Waals surface area contributed by atoms with E-state index in [9.17, 15) is 14.7 Å². The highest BCUT2D eigenvalue weighted by atomic mass is 16.5. The number of guanidine groups is 1. The van der Waals surface area contributed by atoms with Crippen molar-refractivity contribution in [2.24, 2.45) is 10.9 Å². The lowest BCUT2D eigenvalue weighted by atomic mass is 10.1. The van der Waals surface area contributed by atoms with Gasteiger partial charge < -0.3 is 19.6 Å². The maximum atomic E-state index is 12.6. The summed E-state index contributed by atoms with van der Waals surface area (Å²) >= 11 is 0. The van der Waals surface area contributed by atoms with E-state index in [-0.39, 0.29) is 18.4 Å². The van der Waals surface area contributed by atoms with Crippen molar-refractivity contribution in [3.8, 4) is 5.75 Å². The first-order chi connectivity index (χ1) is 14.6. The van der Waals surface area contributed by atoms with Crippen LogP contribution in [-0.4, -0.2) is 65.5 Å². The molecule has 2 heterocycles. The molecule has 2 N–H and O–H groups in total. The first-order valence-electron chi connectivity index (χ1n) is 10.9. The zero-order chi connectivity index (χ0) is 20.9. The predicted octanol–water partition coefficient (Wildman–Crippen LogP) is 1.79. The SMILES string of the molecule is O=C1CN2Cc3cc(OCCCC(=O)N(CCO)CC4CCCC4)ccc3N=C2N1. The maximum Gasteiger partial charge on any atom is 0.246 e. The van der Waals surface area contributed by atoms with Gasteiger partial charge in [0.05, 0.1) is 18.9 Å². The van der Waals surface area contributed by atoms with Gasteiger partial charge in [0.15, 0.2) is 0 Å². The third-order valence-corrected chi connectivity index (χ3v) is 6.00. The molecular weight excluding hydrogens is 384 g/mol. The van der Waals surface area contributed by atoms with Gasteiger partial charge in [0.25, 0.3) is 0 Å². The van der Waals surface area contributed by atoms with E-state index in [1.807, 2.05) is 28.0 Å². The summed E-state index contributed by atoms with van der Waals surface area (Å²) in [4.78, 5) is 32.3. The summed E-state index contributed by atoms with van der Waals surface area (Å²) in [6.07, 6.45) is 5.92. The monoisotopic (exact) mass is 414 g/mol. The number of ether oxygens (including phenoxy) is 1. The topological polar surface area (TPSA) is 94.5 Å². The van der Waals surface area contributed by atoms with Gasteiger partial charge in [0.1, 0.15) is 12.3 Å². The number of aliphatic hydroxyl groups excluding tert-OH is 1. The van der Waals surface area contributed by atoms with Gasteiger partial charge in [0, 0.05) is 31.6 Å². The van der Waals surface area contributed by atoms with Crippen molar-refractivity contribution in [3.05, 3.63) is 23.8 Å². The molecule has 2 fully saturated rings. The molecule has 1 saturated carbocycles. The Labute approximate surface area is 176 Å². The van der Waals surface area contributed by atoms with Gasteiger partial charge in [-0.05, 0) is 43.4 Å². The Morgan fingerprint density at radius 1 is 1.30 bits per heavy atom. The molecule has 162 valence electrons. The Balaban J connectivity index is 1.24. The van der Waals surface area contributed by atoms with Crippen LogP contribution in [0.4, 0.5) is 5.69 Å². The number of nitrogens with one attached hydrogen (secondary N) is 1. The smallest absolute Gasteiger partial charge is 0.246 e. The maximum absolute atomic E-state index is 12.6. The summed E-state index contributed by atoms with van der Waals surface area (Å²) in [6, 6.07) is 5.73. The minimum atomic E-state index is -0.0362. The molecule has 0 radical (unpaired) electrons. The van der Waals surface area contributed by atoms with Crippen LogP contribution in [0.5, 0.6) is 5.75 Å². The van der Waals surface area contributed by atoms with Crippen molar-refractivity contribution in [2.75, 3.05) is 32.8 Å². The number of nitrogens with zero attached hydrogens (tertiary/aromatic N) is 3. The van der Waals surface area contributed by atoms with Gasteiger partial charge in [-0.15, -0.1) is 0 Å². The second-order valence-electron chi connectivity index (χ2n) is 8.30. The highest BCUT2D eigenvalue weighted by Gasteiger charge is 2.29. The summed E-state index contributed by atoms with van der Waals surface area (Å²) in [5.74, 6) is 2.00. The van der Waals surface area contributed by atoms with Gasteiger partial charge >= 0.3 is 0 Å². The number of aliphatic imine (C=N–C) groups is 1. The molecule has 0 spiro atoms. The van der Waals surface area contributed by atoms with Crippen molar-refractivity contribution in [3.63, 3.8) is 0 Å². The standard InChI is InChI=1S/C22H30N4O4/c27-10-9-25(13-16-4-1-2-5-16)21(29)6-3-11-30-18-7-8-19-17(12-18)14-26-15-20(28)24-22(26)23-19/h7-8,12,16,27H,1-6,9-11,13-15H2,(H,23,24,28). The summed E-state index contributed by atoms with van der Waals surface area (Å²) in [5.41, 5.74) is 1.87. The van der Waals surface area contributed by atoms with E-state index < -0.39 is 0 Å². The summed E-state index contributed by atoms with van der Waals surface area (Å²) < 4.78 is 5.86. The molecule has 30 heavy (non-hydrogen) atoms. The number of aliphatic hydroxyl groups is 1. The number of rotatable bonds is 9. The number of amides is 2. The average Bonchev–Trinajstić information content (AvgIpc) is 3.37. The minimum absolute atomic E-state index is 0.00637. The molecular formula is C22H30N4O4. The van der Waals surface area contributed by atoms with Gasteiger partial charge in [-0.25, -0.2) is 4.99 Å². The van der Waals surface area contributed by atoms with E-state index in [1.54, 1.807) is 0 Å².